The van der Waals surface area contributed by atoms with Crippen molar-refractivity contribution < 1.29 is 9.53 Å². The van der Waals surface area contributed by atoms with Crippen LogP contribution in [0.3, 0.4) is 0 Å². The second-order valence-electron chi connectivity index (χ2n) is 4.44. The maximum Gasteiger partial charge on any atom is 0.264 e. The Morgan fingerprint density at radius 3 is 2.95 bits per heavy atom. The Kier molecular flexibility index (Phi) is 2.82. The zero-order valence-corrected chi connectivity index (χ0v) is 12.1. The number of hydrogen-bond donors (Lipinski definition) is 1. The summed E-state index contributed by atoms with van der Waals surface area (Å²) in [4.78, 5) is 13.3. The average molecular weight is 322 g/mol. The Morgan fingerprint density at radius 2 is 2.26 bits per heavy atom. The summed E-state index contributed by atoms with van der Waals surface area (Å²) in [6.45, 7) is 2.03. The molecule has 0 unspecified atom stereocenters. The predicted molar refractivity (Wildman–Crippen MR) is 75.4 cm³/mol. The van der Waals surface area contributed by atoms with E-state index in [2.05, 4.69) is 26.1 Å². The summed E-state index contributed by atoms with van der Waals surface area (Å²) >= 11 is 3.50. The van der Waals surface area contributed by atoms with Gasteiger partial charge in [-0.05, 0) is 41.1 Å². The molecular formula is C13H12BrN3O2. The molecule has 1 aromatic carbocycles. The van der Waals surface area contributed by atoms with Gasteiger partial charge in [0.15, 0.2) is 6.61 Å². The van der Waals surface area contributed by atoms with Crippen LogP contribution >= 0.6 is 15.9 Å². The third kappa shape index (κ3) is 1.92. The van der Waals surface area contributed by atoms with Crippen LogP contribution in [0.1, 0.15) is 5.69 Å². The number of fused-ring (bicyclic) bond motifs is 1. The Bertz CT molecular complexity index is 666. The first-order valence-electron chi connectivity index (χ1n) is 5.82. The van der Waals surface area contributed by atoms with Crippen molar-refractivity contribution in [1.82, 2.24) is 10.2 Å². The maximum absolute atomic E-state index is 11.6. The van der Waals surface area contributed by atoms with Gasteiger partial charge in [-0.1, -0.05) is 0 Å². The lowest BCUT2D eigenvalue weighted by molar-refractivity contribution is -0.120. The van der Waals surface area contributed by atoms with E-state index in [0.29, 0.717) is 5.75 Å². The first-order valence-corrected chi connectivity index (χ1v) is 6.61. The standard InChI is InChI=1S/C13H12BrN3O2/c1-7-12(14)13(16-15-7)8-3-4-10-9(5-8)17(2)11(18)6-19-10/h3-5H,6H2,1-2H3,(H,15,16). The van der Waals surface area contributed by atoms with Gasteiger partial charge in [0, 0.05) is 18.3 Å². The minimum atomic E-state index is -0.0538. The number of aromatic nitrogens is 2. The highest BCUT2D eigenvalue weighted by Crippen LogP contribution is 2.37. The third-order valence-corrected chi connectivity index (χ3v) is 4.16. The summed E-state index contributed by atoms with van der Waals surface area (Å²) in [5.74, 6) is 0.663. The Labute approximate surface area is 118 Å². The van der Waals surface area contributed by atoms with Crippen molar-refractivity contribution in [2.24, 2.45) is 0 Å². The number of aromatic amines is 1. The molecule has 1 aliphatic rings. The number of carbonyl (C=O) groups excluding carboxylic acids is 1. The monoisotopic (exact) mass is 321 g/mol. The number of nitrogens with zero attached hydrogens (tertiary/aromatic N) is 2. The molecule has 0 aliphatic carbocycles. The number of hydrogen-bond acceptors (Lipinski definition) is 3. The lowest BCUT2D eigenvalue weighted by atomic mass is 10.1. The van der Waals surface area contributed by atoms with Crippen molar-refractivity contribution in [3.8, 4) is 17.0 Å². The SMILES string of the molecule is Cc1[nH]nc(-c2ccc3c(c2)N(C)C(=O)CO3)c1Br. The number of carbonyl (C=O) groups is 1. The number of halogens is 1. The molecule has 0 saturated heterocycles. The molecule has 0 fully saturated rings. The fourth-order valence-electron chi connectivity index (χ4n) is 2.03. The molecule has 5 nitrogen and oxygen atoms in total. The molecule has 0 radical (unpaired) electrons. The minimum absolute atomic E-state index is 0.0538. The minimum Gasteiger partial charge on any atom is -0.482 e. The van der Waals surface area contributed by atoms with Crippen LogP contribution in [-0.4, -0.2) is 29.8 Å². The normalized spacial score (nSPS) is 14.3. The van der Waals surface area contributed by atoms with Gasteiger partial charge >= 0.3 is 0 Å². The lowest BCUT2D eigenvalue weighted by Crippen LogP contribution is -2.35. The van der Waals surface area contributed by atoms with E-state index < -0.39 is 0 Å². The summed E-state index contributed by atoms with van der Waals surface area (Å²) in [5, 5.41) is 7.19. The van der Waals surface area contributed by atoms with Gasteiger partial charge in [-0.25, -0.2) is 0 Å². The van der Waals surface area contributed by atoms with Crippen LogP contribution in [0.4, 0.5) is 5.69 Å². The van der Waals surface area contributed by atoms with Crippen LogP contribution in [0.15, 0.2) is 22.7 Å². The molecule has 0 atom stereocenters. The Morgan fingerprint density at radius 1 is 1.47 bits per heavy atom. The van der Waals surface area contributed by atoms with Crippen molar-refractivity contribution in [3.05, 3.63) is 28.4 Å². The molecule has 1 N–H and O–H groups in total. The molecule has 2 heterocycles. The van der Waals surface area contributed by atoms with Crippen LogP contribution in [0.2, 0.25) is 0 Å². The number of H-pyrrole nitrogens is 1. The number of amides is 1. The van der Waals surface area contributed by atoms with E-state index in [1.165, 1.54) is 0 Å². The zero-order valence-electron chi connectivity index (χ0n) is 10.5. The molecule has 3 rings (SSSR count). The highest BCUT2D eigenvalue weighted by molar-refractivity contribution is 9.10. The molecule has 19 heavy (non-hydrogen) atoms. The van der Waals surface area contributed by atoms with E-state index in [4.69, 9.17) is 4.74 Å². The number of nitrogens with one attached hydrogen (secondary N) is 1. The second-order valence-corrected chi connectivity index (χ2v) is 5.23. The van der Waals surface area contributed by atoms with E-state index in [9.17, 15) is 4.79 Å². The average Bonchev–Trinajstić information content (AvgIpc) is 2.74. The Balaban J connectivity index is 2.11. The summed E-state index contributed by atoms with van der Waals surface area (Å²) < 4.78 is 6.33. The smallest absolute Gasteiger partial charge is 0.264 e. The van der Waals surface area contributed by atoms with Crippen molar-refractivity contribution in [3.63, 3.8) is 0 Å². The number of aryl methyl sites for hydroxylation is 1. The third-order valence-electron chi connectivity index (χ3n) is 3.19. The molecule has 0 spiro atoms. The first kappa shape index (κ1) is 12.2. The molecule has 98 valence electrons. The van der Waals surface area contributed by atoms with Crippen molar-refractivity contribution in [2.75, 3.05) is 18.6 Å². The van der Waals surface area contributed by atoms with E-state index in [1.54, 1.807) is 11.9 Å². The second kappa shape index (κ2) is 4.38. The fourth-order valence-corrected chi connectivity index (χ4v) is 2.43. The molecule has 1 aliphatic heterocycles. The first-order chi connectivity index (χ1) is 9.08. The zero-order chi connectivity index (χ0) is 13.6. The van der Waals surface area contributed by atoms with Crippen LogP contribution in [0.25, 0.3) is 11.3 Å². The van der Waals surface area contributed by atoms with Gasteiger partial charge in [-0.2, -0.15) is 5.10 Å². The Hall–Kier alpha value is -1.82. The summed E-state index contributed by atoms with van der Waals surface area (Å²) in [5.41, 5.74) is 3.49. The van der Waals surface area contributed by atoms with Crippen LogP contribution in [0, 0.1) is 6.92 Å². The topological polar surface area (TPSA) is 58.2 Å². The molecular weight excluding hydrogens is 310 g/mol. The molecule has 1 aromatic heterocycles. The van der Waals surface area contributed by atoms with Crippen LogP contribution in [-0.2, 0) is 4.79 Å². The molecule has 2 aromatic rings. The van der Waals surface area contributed by atoms with Gasteiger partial charge in [-0.15, -0.1) is 0 Å². The number of ether oxygens (including phenoxy) is 1. The highest BCUT2D eigenvalue weighted by atomic mass is 79.9. The van der Waals surface area contributed by atoms with E-state index in [-0.39, 0.29) is 12.5 Å². The predicted octanol–water partition coefficient (Wildman–Crippen LogP) is 2.50. The lowest BCUT2D eigenvalue weighted by Gasteiger charge is -2.26. The van der Waals surface area contributed by atoms with Gasteiger partial charge in [0.25, 0.3) is 5.91 Å². The number of anilines is 1. The summed E-state index contributed by atoms with van der Waals surface area (Å²) in [7, 11) is 1.75. The van der Waals surface area contributed by atoms with Gasteiger partial charge in [0.2, 0.25) is 0 Å². The van der Waals surface area contributed by atoms with Crippen molar-refractivity contribution >= 4 is 27.5 Å². The van der Waals surface area contributed by atoms with E-state index in [1.807, 2.05) is 25.1 Å². The van der Waals surface area contributed by atoms with Gasteiger partial charge in [-0.3, -0.25) is 9.89 Å². The number of rotatable bonds is 1. The van der Waals surface area contributed by atoms with Crippen molar-refractivity contribution in [2.45, 2.75) is 6.92 Å². The van der Waals surface area contributed by atoms with Gasteiger partial charge < -0.3 is 9.64 Å². The van der Waals surface area contributed by atoms with Crippen LogP contribution in [0.5, 0.6) is 5.75 Å². The number of likely N-dealkylation sites (N-methyl/N-ethyl adjacent to an activating group) is 1. The highest BCUT2D eigenvalue weighted by Gasteiger charge is 2.23. The number of benzene rings is 1. The summed E-state index contributed by atoms with van der Waals surface area (Å²) in [6.07, 6.45) is 0. The van der Waals surface area contributed by atoms with Crippen LogP contribution < -0.4 is 9.64 Å². The fraction of sp³-hybridized carbons (Fsp3) is 0.231. The largest absolute Gasteiger partial charge is 0.482 e. The molecule has 6 heteroatoms. The maximum atomic E-state index is 11.6. The molecule has 0 bridgehead atoms. The van der Waals surface area contributed by atoms with Gasteiger partial charge in [0.05, 0.1) is 10.2 Å². The molecule has 1 amide bonds. The van der Waals surface area contributed by atoms with E-state index >= 15 is 0 Å². The quantitative estimate of drug-likeness (QED) is 0.878. The van der Waals surface area contributed by atoms with E-state index in [0.717, 1.165) is 27.1 Å². The summed E-state index contributed by atoms with van der Waals surface area (Å²) in [6, 6.07) is 5.71. The molecule has 0 saturated carbocycles. The van der Waals surface area contributed by atoms with Gasteiger partial charge in [0.1, 0.15) is 11.4 Å². The van der Waals surface area contributed by atoms with Crippen molar-refractivity contribution in [1.29, 1.82) is 0 Å².